The van der Waals surface area contributed by atoms with Gasteiger partial charge in [0, 0.05) is 37.6 Å². The highest BCUT2D eigenvalue weighted by Gasteiger charge is 2.24. The van der Waals surface area contributed by atoms with Gasteiger partial charge in [0.15, 0.2) is 11.8 Å². The molecule has 2 aromatic rings. The molecule has 0 saturated carbocycles. The number of hydrogen-bond acceptors (Lipinski definition) is 5. The molecule has 29 heavy (non-hydrogen) atoms. The van der Waals surface area contributed by atoms with Crippen LogP contribution in [-0.4, -0.2) is 47.2 Å². The summed E-state index contributed by atoms with van der Waals surface area (Å²) in [6.45, 7) is 11.1. The van der Waals surface area contributed by atoms with Gasteiger partial charge in [0.25, 0.3) is 0 Å². The average molecular weight is 399 g/mol. The van der Waals surface area contributed by atoms with Crippen molar-refractivity contribution in [2.24, 2.45) is 4.99 Å². The molecule has 2 N–H and O–H groups in total. The fourth-order valence-electron chi connectivity index (χ4n) is 3.55. The number of aromatic nitrogens is 2. The normalized spacial score (nSPS) is 17.9. The number of guanidine groups is 1. The first-order valence-corrected chi connectivity index (χ1v) is 10.5. The summed E-state index contributed by atoms with van der Waals surface area (Å²) in [6, 6.07) is 11.6. The highest BCUT2D eigenvalue weighted by molar-refractivity contribution is 5.79. The third kappa shape index (κ3) is 5.79. The van der Waals surface area contributed by atoms with E-state index in [0.717, 1.165) is 31.9 Å². The quantitative estimate of drug-likeness (QED) is 0.595. The third-order valence-corrected chi connectivity index (χ3v) is 5.45. The number of likely N-dealkylation sites (tertiary alicyclic amines) is 1. The molecule has 1 unspecified atom stereocenters. The fourth-order valence-corrected chi connectivity index (χ4v) is 3.55. The average Bonchev–Trinajstić information content (AvgIpc) is 3.21. The Hall–Kier alpha value is -2.41. The predicted molar refractivity (Wildman–Crippen MR) is 116 cm³/mol. The van der Waals surface area contributed by atoms with Crippen molar-refractivity contribution < 1.29 is 4.52 Å². The van der Waals surface area contributed by atoms with Crippen LogP contribution in [0.5, 0.6) is 0 Å². The lowest BCUT2D eigenvalue weighted by molar-refractivity contribution is 0.158. The summed E-state index contributed by atoms with van der Waals surface area (Å²) in [5, 5.41) is 10.9. The molecule has 1 aliphatic heterocycles. The van der Waals surface area contributed by atoms with E-state index in [2.05, 4.69) is 88.7 Å². The lowest BCUT2D eigenvalue weighted by Gasteiger charge is -2.36. The summed E-state index contributed by atoms with van der Waals surface area (Å²) in [7, 11) is 1.79. The van der Waals surface area contributed by atoms with Crippen LogP contribution < -0.4 is 10.6 Å². The zero-order valence-electron chi connectivity index (χ0n) is 18.3. The van der Waals surface area contributed by atoms with Crippen molar-refractivity contribution in [2.45, 2.75) is 64.6 Å². The van der Waals surface area contributed by atoms with E-state index in [1.807, 2.05) is 0 Å². The lowest BCUT2D eigenvalue weighted by atomic mass is 9.97. The topological polar surface area (TPSA) is 78.6 Å². The number of piperidine rings is 1. The molecule has 0 spiro atoms. The second-order valence-electron chi connectivity index (χ2n) is 8.73. The molecule has 0 radical (unpaired) electrons. The van der Waals surface area contributed by atoms with Crippen molar-refractivity contribution in [1.29, 1.82) is 0 Å². The van der Waals surface area contributed by atoms with E-state index in [-0.39, 0.29) is 5.41 Å². The third-order valence-electron chi connectivity index (χ3n) is 5.45. The van der Waals surface area contributed by atoms with E-state index in [4.69, 9.17) is 4.52 Å². The van der Waals surface area contributed by atoms with Gasteiger partial charge in [-0.2, -0.15) is 4.98 Å². The summed E-state index contributed by atoms with van der Waals surface area (Å²) in [5.41, 5.74) is 1.24. The van der Waals surface area contributed by atoms with Crippen LogP contribution in [0.2, 0.25) is 0 Å². The second-order valence-corrected chi connectivity index (χ2v) is 8.73. The Morgan fingerprint density at radius 3 is 2.52 bits per heavy atom. The molecule has 0 bridgehead atoms. The Morgan fingerprint density at radius 2 is 1.93 bits per heavy atom. The Labute approximate surface area is 174 Å². The minimum Gasteiger partial charge on any atom is -0.354 e. The van der Waals surface area contributed by atoms with Gasteiger partial charge < -0.3 is 15.2 Å². The minimum atomic E-state index is -0.143. The van der Waals surface area contributed by atoms with Crippen LogP contribution >= 0.6 is 0 Å². The standard InChI is InChI=1S/C22H34N6O/c1-16(17-9-7-6-8-10-17)28-13-11-18(12-14-28)25-21(23-5)24-15-19-26-20(29-27-19)22(2,3)4/h6-10,16,18H,11-15H2,1-5H3,(H2,23,24,25). The Kier molecular flexibility index (Phi) is 6.90. The van der Waals surface area contributed by atoms with Crippen LogP contribution in [0.25, 0.3) is 0 Å². The summed E-state index contributed by atoms with van der Waals surface area (Å²) in [6.07, 6.45) is 2.18. The molecule has 1 atom stereocenters. The maximum absolute atomic E-state index is 5.35. The van der Waals surface area contributed by atoms with E-state index in [9.17, 15) is 0 Å². The highest BCUT2D eigenvalue weighted by Crippen LogP contribution is 2.24. The molecule has 1 aromatic carbocycles. The van der Waals surface area contributed by atoms with Crippen LogP contribution in [0.4, 0.5) is 0 Å². The van der Waals surface area contributed by atoms with E-state index < -0.39 is 0 Å². The molecule has 1 aliphatic rings. The second kappa shape index (κ2) is 9.39. The smallest absolute Gasteiger partial charge is 0.232 e. The summed E-state index contributed by atoms with van der Waals surface area (Å²) < 4.78 is 5.35. The van der Waals surface area contributed by atoms with Gasteiger partial charge in [-0.25, -0.2) is 0 Å². The molecule has 1 aromatic heterocycles. The van der Waals surface area contributed by atoms with E-state index in [0.29, 0.717) is 30.3 Å². The van der Waals surface area contributed by atoms with Gasteiger partial charge in [0.05, 0.1) is 6.54 Å². The van der Waals surface area contributed by atoms with Gasteiger partial charge in [-0.05, 0) is 25.3 Å². The maximum Gasteiger partial charge on any atom is 0.232 e. The van der Waals surface area contributed by atoms with E-state index in [1.165, 1.54) is 5.56 Å². The van der Waals surface area contributed by atoms with Gasteiger partial charge in [-0.3, -0.25) is 9.89 Å². The molecule has 1 fully saturated rings. The number of benzene rings is 1. The van der Waals surface area contributed by atoms with Crippen LogP contribution in [0, 0.1) is 0 Å². The predicted octanol–water partition coefficient (Wildman–Crippen LogP) is 3.26. The first-order valence-electron chi connectivity index (χ1n) is 10.5. The molecule has 0 aliphatic carbocycles. The Bertz CT molecular complexity index is 787. The first kappa shape index (κ1) is 21.3. The van der Waals surface area contributed by atoms with Crippen molar-refractivity contribution in [3.8, 4) is 0 Å². The van der Waals surface area contributed by atoms with Crippen LogP contribution in [0.15, 0.2) is 39.8 Å². The van der Waals surface area contributed by atoms with Crippen molar-refractivity contribution in [1.82, 2.24) is 25.7 Å². The first-order chi connectivity index (χ1) is 13.9. The molecule has 1 saturated heterocycles. The Morgan fingerprint density at radius 1 is 1.24 bits per heavy atom. The van der Waals surface area contributed by atoms with Crippen molar-refractivity contribution in [3.63, 3.8) is 0 Å². The fraction of sp³-hybridized carbons (Fsp3) is 0.591. The molecule has 7 heteroatoms. The number of nitrogens with zero attached hydrogens (tertiary/aromatic N) is 4. The van der Waals surface area contributed by atoms with Gasteiger partial charge >= 0.3 is 0 Å². The van der Waals surface area contributed by atoms with Gasteiger partial charge in [-0.15, -0.1) is 0 Å². The van der Waals surface area contributed by atoms with Gasteiger partial charge in [-0.1, -0.05) is 56.3 Å². The molecular formula is C22H34N6O. The maximum atomic E-state index is 5.35. The number of hydrogen-bond donors (Lipinski definition) is 2. The molecule has 7 nitrogen and oxygen atoms in total. The lowest BCUT2D eigenvalue weighted by Crippen LogP contribution is -2.48. The minimum absolute atomic E-state index is 0.143. The van der Waals surface area contributed by atoms with Crippen LogP contribution in [-0.2, 0) is 12.0 Å². The van der Waals surface area contributed by atoms with Crippen molar-refractivity contribution >= 4 is 5.96 Å². The van der Waals surface area contributed by atoms with Crippen LogP contribution in [0.1, 0.15) is 63.9 Å². The summed E-state index contributed by atoms with van der Waals surface area (Å²) in [4.78, 5) is 11.4. The highest BCUT2D eigenvalue weighted by atomic mass is 16.5. The largest absolute Gasteiger partial charge is 0.354 e. The van der Waals surface area contributed by atoms with Crippen molar-refractivity contribution in [2.75, 3.05) is 20.1 Å². The SMILES string of the molecule is CN=C(NCc1noc(C(C)(C)C)n1)NC1CCN(C(C)c2ccccc2)CC1. The van der Waals surface area contributed by atoms with Crippen molar-refractivity contribution in [3.05, 3.63) is 47.6 Å². The molecule has 2 heterocycles. The summed E-state index contributed by atoms with van der Waals surface area (Å²) >= 11 is 0. The zero-order chi connectivity index (χ0) is 20.9. The van der Waals surface area contributed by atoms with E-state index >= 15 is 0 Å². The van der Waals surface area contributed by atoms with E-state index in [1.54, 1.807) is 7.05 Å². The number of rotatable bonds is 5. The number of nitrogens with one attached hydrogen (secondary N) is 2. The van der Waals surface area contributed by atoms with Gasteiger partial charge in [0.2, 0.25) is 5.89 Å². The molecule has 3 rings (SSSR count). The molecule has 0 amide bonds. The molecular weight excluding hydrogens is 364 g/mol. The molecule has 158 valence electrons. The monoisotopic (exact) mass is 398 g/mol. The zero-order valence-corrected chi connectivity index (χ0v) is 18.3. The number of aliphatic imine (C=N–C) groups is 1. The Balaban J connectivity index is 1.45. The van der Waals surface area contributed by atoms with Gasteiger partial charge in [0.1, 0.15) is 0 Å². The summed E-state index contributed by atoms with van der Waals surface area (Å²) in [5.74, 6) is 2.07. The van der Waals surface area contributed by atoms with Crippen LogP contribution in [0.3, 0.4) is 0 Å².